The minimum atomic E-state index is -0.411. The van der Waals surface area contributed by atoms with Crippen LogP contribution >= 0.6 is 0 Å². The standard InChI is InChI=1S/C17H32N2O3/c1-18-14-12-10-8-6-4-3-5-7-9-11-13-16(20)19-15-17(21)22-2/h4,6,18H,3,5,7-15H2,1-2H3,(H,19,20)/b6-4-. The van der Waals surface area contributed by atoms with Crippen LogP contribution in [-0.2, 0) is 14.3 Å². The number of unbranched alkanes of at least 4 members (excludes halogenated alkanes) is 6. The second kappa shape index (κ2) is 16.0. The minimum Gasteiger partial charge on any atom is -0.468 e. The van der Waals surface area contributed by atoms with Crippen LogP contribution in [0.15, 0.2) is 12.2 Å². The lowest BCUT2D eigenvalue weighted by molar-refractivity contribution is -0.141. The zero-order chi connectivity index (χ0) is 16.5. The van der Waals surface area contributed by atoms with Gasteiger partial charge in [-0.1, -0.05) is 25.0 Å². The van der Waals surface area contributed by atoms with Gasteiger partial charge in [0.2, 0.25) is 5.91 Å². The van der Waals surface area contributed by atoms with Crippen LogP contribution in [0.2, 0.25) is 0 Å². The highest BCUT2D eigenvalue weighted by Crippen LogP contribution is 2.06. The van der Waals surface area contributed by atoms with E-state index in [2.05, 4.69) is 27.5 Å². The second-order valence-electron chi connectivity index (χ2n) is 5.38. The molecule has 0 aromatic heterocycles. The smallest absolute Gasteiger partial charge is 0.325 e. The number of methoxy groups -OCH3 is 1. The molecule has 22 heavy (non-hydrogen) atoms. The molecule has 0 aliphatic rings. The first kappa shape index (κ1) is 20.6. The van der Waals surface area contributed by atoms with Gasteiger partial charge in [0.15, 0.2) is 0 Å². The molecule has 0 aromatic carbocycles. The molecule has 0 unspecified atom stereocenters. The molecule has 2 N–H and O–H groups in total. The molecule has 5 nitrogen and oxygen atoms in total. The maximum absolute atomic E-state index is 11.4. The number of allylic oxidation sites excluding steroid dienone is 2. The number of hydrogen-bond donors (Lipinski definition) is 2. The summed E-state index contributed by atoms with van der Waals surface area (Å²) in [7, 11) is 3.30. The van der Waals surface area contributed by atoms with Gasteiger partial charge in [0, 0.05) is 6.42 Å². The van der Waals surface area contributed by atoms with Crippen molar-refractivity contribution < 1.29 is 14.3 Å². The normalized spacial score (nSPS) is 10.8. The maximum atomic E-state index is 11.4. The first-order valence-electron chi connectivity index (χ1n) is 8.33. The Balaban J connectivity index is 3.27. The Morgan fingerprint density at radius 2 is 1.59 bits per heavy atom. The monoisotopic (exact) mass is 312 g/mol. The predicted octanol–water partition coefficient (Wildman–Crippen LogP) is 2.56. The van der Waals surface area contributed by atoms with E-state index in [1.54, 1.807) is 0 Å². The molecule has 0 aliphatic carbocycles. The molecule has 0 fully saturated rings. The van der Waals surface area contributed by atoms with Crippen LogP contribution in [0.25, 0.3) is 0 Å². The summed E-state index contributed by atoms with van der Waals surface area (Å²) in [5, 5.41) is 5.69. The van der Waals surface area contributed by atoms with Crippen molar-refractivity contribution in [1.29, 1.82) is 0 Å². The molecule has 0 saturated heterocycles. The molecule has 0 aliphatic heterocycles. The first-order chi connectivity index (χ1) is 10.7. The molecule has 0 spiro atoms. The van der Waals surface area contributed by atoms with Gasteiger partial charge in [0.05, 0.1) is 7.11 Å². The number of carbonyl (C=O) groups excluding carboxylic acids is 2. The Morgan fingerprint density at radius 3 is 2.23 bits per heavy atom. The first-order valence-corrected chi connectivity index (χ1v) is 8.33. The van der Waals surface area contributed by atoms with E-state index in [1.165, 1.54) is 32.8 Å². The van der Waals surface area contributed by atoms with E-state index in [1.807, 2.05) is 7.05 Å². The lowest BCUT2D eigenvalue weighted by Gasteiger charge is -2.03. The summed E-state index contributed by atoms with van der Waals surface area (Å²) in [4.78, 5) is 22.3. The molecule has 128 valence electrons. The third-order valence-electron chi connectivity index (χ3n) is 3.40. The molecule has 0 rings (SSSR count). The van der Waals surface area contributed by atoms with E-state index in [0.717, 1.165) is 32.2 Å². The largest absolute Gasteiger partial charge is 0.468 e. The van der Waals surface area contributed by atoms with Crippen molar-refractivity contribution >= 4 is 11.9 Å². The van der Waals surface area contributed by atoms with Crippen molar-refractivity contribution in [3.63, 3.8) is 0 Å². The Morgan fingerprint density at radius 1 is 0.955 bits per heavy atom. The van der Waals surface area contributed by atoms with E-state index in [9.17, 15) is 9.59 Å². The number of esters is 1. The van der Waals surface area contributed by atoms with Gasteiger partial charge >= 0.3 is 5.97 Å². The Kier molecular flexibility index (Phi) is 15.0. The summed E-state index contributed by atoms with van der Waals surface area (Å²) in [5.74, 6) is -0.488. The topological polar surface area (TPSA) is 67.4 Å². The molecule has 0 aromatic rings. The van der Waals surface area contributed by atoms with Gasteiger partial charge in [0.1, 0.15) is 6.54 Å². The quantitative estimate of drug-likeness (QED) is 0.294. The van der Waals surface area contributed by atoms with Crippen LogP contribution in [0.4, 0.5) is 0 Å². The number of ether oxygens (including phenoxy) is 1. The highest BCUT2D eigenvalue weighted by atomic mass is 16.5. The number of rotatable bonds is 14. The molecule has 1 amide bonds. The third kappa shape index (κ3) is 15.0. The van der Waals surface area contributed by atoms with Gasteiger partial charge in [-0.2, -0.15) is 0 Å². The second-order valence-corrected chi connectivity index (χ2v) is 5.38. The van der Waals surface area contributed by atoms with Gasteiger partial charge < -0.3 is 15.4 Å². The van der Waals surface area contributed by atoms with E-state index in [0.29, 0.717) is 6.42 Å². The fourth-order valence-electron chi connectivity index (χ4n) is 2.03. The molecular weight excluding hydrogens is 280 g/mol. The van der Waals surface area contributed by atoms with Crippen LogP contribution in [-0.4, -0.2) is 39.1 Å². The molecule has 0 heterocycles. The lowest BCUT2D eigenvalue weighted by atomic mass is 10.1. The van der Waals surface area contributed by atoms with Crippen molar-refractivity contribution in [3.8, 4) is 0 Å². The summed E-state index contributed by atoms with van der Waals surface area (Å²) in [6.07, 6.45) is 14.1. The van der Waals surface area contributed by atoms with Gasteiger partial charge in [-0.25, -0.2) is 0 Å². The van der Waals surface area contributed by atoms with Gasteiger partial charge in [-0.3, -0.25) is 9.59 Å². The third-order valence-corrected chi connectivity index (χ3v) is 3.40. The molecule has 0 saturated carbocycles. The fraction of sp³-hybridized carbons (Fsp3) is 0.765. The van der Waals surface area contributed by atoms with Crippen LogP contribution in [0.3, 0.4) is 0 Å². The number of nitrogens with one attached hydrogen (secondary N) is 2. The zero-order valence-corrected chi connectivity index (χ0v) is 14.2. The average Bonchev–Trinajstić information content (AvgIpc) is 2.53. The Labute approximate surface area is 134 Å². The Bertz CT molecular complexity index is 317. The molecule has 0 atom stereocenters. The van der Waals surface area contributed by atoms with E-state index < -0.39 is 5.97 Å². The molecule has 0 radical (unpaired) electrons. The summed E-state index contributed by atoms with van der Waals surface area (Å²) >= 11 is 0. The van der Waals surface area contributed by atoms with Gasteiger partial charge in [0.25, 0.3) is 0 Å². The van der Waals surface area contributed by atoms with E-state index in [4.69, 9.17) is 0 Å². The summed E-state index contributed by atoms with van der Waals surface area (Å²) < 4.78 is 4.45. The summed E-state index contributed by atoms with van der Waals surface area (Å²) in [6.45, 7) is 1.06. The van der Waals surface area contributed by atoms with Crippen LogP contribution < -0.4 is 10.6 Å². The summed E-state index contributed by atoms with van der Waals surface area (Å²) in [6, 6.07) is 0. The van der Waals surface area contributed by atoms with Crippen molar-refractivity contribution in [1.82, 2.24) is 10.6 Å². The van der Waals surface area contributed by atoms with E-state index >= 15 is 0 Å². The Hall–Kier alpha value is -1.36. The minimum absolute atomic E-state index is 0.0333. The summed E-state index contributed by atoms with van der Waals surface area (Å²) in [5.41, 5.74) is 0. The number of amides is 1. The molecule has 0 bridgehead atoms. The SMILES string of the molecule is CNCCCC/C=C\CCCCCCC(=O)NCC(=O)OC. The van der Waals surface area contributed by atoms with E-state index in [-0.39, 0.29) is 12.5 Å². The highest BCUT2D eigenvalue weighted by Gasteiger charge is 2.04. The zero-order valence-electron chi connectivity index (χ0n) is 14.2. The number of carbonyl (C=O) groups is 2. The van der Waals surface area contributed by atoms with Crippen molar-refractivity contribution in [2.24, 2.45) is 0 Å². The van der Waals surface area contributed by atoms with Crippen LogP contribution in [0.5, 0.6) is 0 Å². The molecular formula is C17H32N2O3. The van der Waals surface area contributed by atoms with Gasteiger partial charge in [-0.05, 0) is 52.1 Å². The predicted molar refractivity (Wildman–Crippen MR) is 89.6 cm³/mol. The lowest BCUT2D eigenvalue weighted by Crippen LogP contribution is -2.29. The number of hydrogen-bond acceptors (Lipinski definition) is 4. The maximum Gasteiger partial charge on any atom is 0.325 e. The van der Waals surface area contributed by atoms with Crippen LogP contribution in [0.1, 0.15) is 57.8 Å². The average molecular weight is 312 g/mol. The van der Waals surface area contributed by atoms with Gasteiger partial charge in [-0.15, -0.1) is 0 Å². The highest BCUT2D eigenvalue weighted by molar-refractivity contribution is 5.81. The van der Waals surface area contributed by atoms with Crippen molar-refractivity contribution in [2.45, 2.75) is 57.8 Å². The van der Waals surface area contributed by atoms with Crippen molar-refractivity contribution in [2.75, 3.05) is 27.2 Å². The van der Waals surface area contributed by atoms with Crippen molar-refractivity contribution in [3.05, 3.63) is 12.2 Å². The molecule has 5 heteroatoms. The fourth-order valence-corrected chi connectivity index (χ4v) is 2.03. The van der Waals surface area contributed by atoms with Crippen LogP contribution in [0, 0.1) is 0 Å².